The smallest absolute Gasteiger partial charge is 0.0593 e. The lowest BCUT2D eigenvalue weighted by Crippen LogP contribution is -2.40. The molecule has 84 valence electrons. The number of hydrogen-bond donors (Lipinski definition) is 1. The second-order valence-corrected chi connectivity index (χ2v) is 4.18. The van der Waals surface area contributed by atoms with Crippen LogP contribution in [-0.2, 0) is 4.74 Å². The molecular weight excluding hydrogens is 176 g/mol. The molecule has 1 saturated heterocycles. The summed E-state index contributed by atoms with van der Waals surface area (Å²) in [6.45, 7) is 11.7. The molecule has 0 aromatic carbocycles. The molecule has 0 spiro atoms. The summed E-state index contributed by atoms with van der Waals surface area (Å²) in [4.78, 5) is 2.53. The Kier molecular flexibility index (Phi) is 5.45. The van der Waals surface area contributed by atoms with Gasteiger partial charge in [0.15, 0.2) is 0 Å². The molecule has 0 aromatic heterocycles. The van der Waals surface area contributed by atoms with E-state index < -0.39 is 0 Å². The molecule has 0 aromatic rings. The molecule has 0 amide bonds. The van der Waals surface area contributed by atoms with Crippen molar-refractivity contribution in [2.45, 2.75) is 39.3 Å². The average Bonchev–Trinajstić information content (AvgIpc) is 2.30. The maximum absolute atomic E-state index is 5.40. The predicted octanol–water partition coefficient (Wildman–Crippen LogP) is 1.10. The van der Waals surface area contributed by atoms with Crippen molar-refractivity contribution in [3.63, 3.8) is 0 Å². The Morgan fingerprint density at radius 3 is 2.93 bits per heavy atom. The van der Waals surface area contributed by atoms with Gasteiger partial charge in [0.25, 0.3) is 0 Å². The van der Waals surface area contributed by atoms with Gasteiger partial charge in [0, 0.05) is 31.8 Å². The van der Waals surface area contributed by atoms with Crippen molar-refractivity contribution in [3.05, 3.63) is 0 Å². The van der Waals surface area contributed by atoms with E-state index in [2.05, 4.69) is 31.0 Å². The monoisotopic (exact) mass is 200 g/mol. The molecular formula is C11H24N2O. The molecule has 14 heavy (non-hydrogen) atoms. The maximum Gasteiger partial charge on any atom is 0.0593 e. The van der Waals surface area contributed by atoms with Gasteiger partial charge in [0.1, 0.15) is 0 Å². The van der Waals surface area contributed by atoms with Gasteiger partial charge in [-0.05, 0) is 33.7 Å². The van der Waals surface area contributed by atoms with Crippen molar-refractivity contribution in [1.82, 2.24) is 10.2 Å². The summed E-state index contributed by atoms with van der Waals surface area (Å²) >= 11 is 0. The van der Waals surface area contributed by atoms with Crippen molar-refractivity contribution in [3.8, 4) is 0 Å². The second-order valence-electron chi connectivity index (χ2n) is 4.18. The van der Waals surface area contributed by atoms with Gasteiger partial charge in [-0.1, -0.05) is 0 Å². The number of hydrogen-bond acceptors (Lipinski definition) is 3. The molecule has 2 unspecified atom stereocenters. The first-order valence-electron chi connectivity index (χ1n) is 5.79. The van der Waals surface area contributed by atoms with Gasteiger partial charge in [0.2, 0.25) is 0 Å². The largest absolute Gasteiger partial charge is 0.380 e. The van der Waals surface area contributed by atoms with E-state index in [1.165, 1.54) is 6.42 Å². The minimum Gasteiger partial charge on any atom is -0.380 e. The van der Waals surface area contributed by atoms with Crippen molar-refractivity contribution >= 4 is 0 Å². The summed E-state index contributed by atoms with van der Waals surface area (Å²) < 4.78 is 5.40. The first-order chi connectivity index (χ1) is 6.74. The van der Waals surface area contributed by atoms with Gasteiger partial charge in [-0.2, -0.15) is 0 Å². The molecule has 0 saturated carbocycles. The van der Waals surface area contributed by atoms with Crippen molar-refractivity contribution in [1.29, 1.82) is 0 Å². The normalized spacial score (nSPS) is 30.2. The highest BCUT2D eigenvalue weighted by Gasteiger charge is 2.19. The van der Waals surface area contributed by atoms with Gasteiger partial charge in [0.05, 0.1) is 6.61 Å². The lowest BCUT2D eigenvalue weighted by atomic mass is 10.2. The minimum atomic E-state index is 0.613. The Morgan fingerprint density at radius 1 is 1.43 bits per heavy atom. The maximum atomic E-state index is 5.40. The first-order valence-corrected chi connectivity index (χ1v) is 5.79. The predicted molar refractivity (Wildman–Crippen MR) is 59.6 cm³/mol. The van der Waals surface area contributed by atoms with E-state index in [1.54, 1.807) is 0 Å². The van der Waals surface area contributed by atoms with Crippen molar-refractivity contribution in [2.75, 3.05) is 32.8 Å². The molecule has 1 fully saturated rings. The van der Waals surface area contributed by atoms with Crippen LogP contribution in [0.15, 0.2) is 0 Å². The highest BCUT2D eigenvalue weighted by atomic mass is 16.5. The molecule has 1 aliphatic heterocycles. The van der Waals surface area contributed by atoms with Crippen LogP contribution in [0.1, 0.15) is 27.2 Å². The summed E-state index contributed by atoms with van der Waals surface area (Å²) in [5.74, 6) is 0. The Labute approximate surface area is 87.8 Å². The zero-order valence-electron chi connectivity index (χ0n) is 9.75. The highest BCUT2D eigenvalue weighted by molar-refractivity contribution is 4.78. The standard InChI is InChI=1S/C11H24N2O/c1-4-14-8-7-13-9-10(2)12-6-5-11(13)3/h10-12H,4-9H2,1-3H3. The average molecular weight is 200 g/mol. The lowest BCUT2D eigenvalue weighted by Gasteiger charge is -2.27. The Balaban J connectivity index is 2.30. The van der Waals surface area contributed by atoms with Crippen LogP contribution < -0.4 is 5.32 Å². The van der Waals surface area contributed by atoms with Crippen LogP contribution in [0.5, 0.6) is 0 Å². The topological polar surface area (TPSA) is 24.5 Å². The summed E-state index contributed by atoms with van der Waals surface area (Å²) in [5.41, 5.74) is 0. The number of rotatable bonds is 4. The van der Waals surface area contributed by atoms with E-state index in [-0.39, 0.29) is 0 Å². The van der Waals surface area contributed by atoms with Gasteiger partial charge in [-0.15, -0.1) is 0 Å². The van der Waals surface area contributed by atoms with Gasteiger partial charge < -0.3 is 10.1 Å². The Hall–Kier alpha value is -0.120. The zero-order valence-corrected chi connectivity index (χ0v) is 9.75. The van der Waals surface area contributed by atoms with E-state index in [1.807, 2.05) is 0 Å². The lowest BCUT2D eigenvalue weighted by molar-refractivity contribution is 0.0973. The van der Waals surface area contributed by atoms with E-state index >= 15 is 0 Å². The summed E-state index contributed by atoms with van der Waals surface area (Å²) in [5, 5.41) is 3.51. The number of nitrogens with zero attached hydrogens (tertiary/aromatic N) is 1. The SMILES string of the molecule is CCOCCN1CC(C)NCCC1C. The number of nitrogens with one attached hydrogen (secondary N) is 1. The molecule has 0 aliphatic carbocycles. The third-order valence-corrected chi connectivity index (χ3v) is 2.91. The fourth-order valence-electron chi connectivity index (χ4n) is 1.96. The van der Waals surface area contributed by atoms with Crippen LogP contribution in [0.25, 0.3) is 0 Å². The van der Waals surface area contributed by atoms with Crippen LogP contribution in [0.2, 0.25) is 0 Å². The molecule has 1 N–H and O–H groups in total. The van der Waals surface area contributed by atoms with Crippen LogP contribution in [0.4, 0.5) is 0 Å². The minimum absolute atomic E-state index is 0.613. The van der Waals surface area contributed by atoms with Gasteiger partial charge in [-0.3, -0.25) is 4.90 Å². The molecule has 1 rings (SSSR count). The Bertz CT molecular complexity index is 152. The molecule has 1 heterocycles. The molecule has 0 bridgehead atoms. The Morgan fingerprint density at radius 2 is 2.21 bits per heavy atom. The fourth-order valence-corrected chi connectivity index (χ4v) is 1.96. The van der Waals surface area contributed by atoms with Crippen LogP contribution in [0.3, 0.4) is 0 Å². The van der Waals surface area contributed by atoms with Crippen LogP contribution >= 0.6 is 0 Å². The van der Waals surface area contributed by atoms with Crippen molar-refractivity contribution < 1.29 is 4.74 Å². The molecule has 3 heteroatoms. The van der Waals surface area contributed by atoms with E-state index in [4.69, 9.17) is 4.74 Å². The van der Waals surface area contributed by atoms with Crippen LogP contribution in [-0.4, -0.2) is 49.8 Å². The van der Waals surface area contributed by atoms with Crippen molar-refractivity contribution in [2.24, 2.45) is 0 Å². The first kappa shape index (κ1) is 12.0. The van der Waals surface area contributed by atoms with E-state index in [0.717, 1.165) is 32.8 Å². The second kappa shape index (κ2) is 6.38. The molecule has 1 aliphatic rings. The van der Waals surface area contributed by atoms with Crippen LogP contribution in [0, 0.1) is 0 Å². The number of ether oxygens (including phenoxy) is 1. The molecule has 3 nitrogen and oxygen atoms in total. The molecule has 2 atom stereocenters. The highest BCUT2D eigenvalue weighted by Crippen LogP contribution is 2.08. The van der Waals surface area contributed by atoms with E-state index in [9.17, 15) is 0 Å². The van der Waals surface area contributed by atoms with Gasteiger partial charge >= 0.3 is 0 Å². The zero-order chi connectivity index (χ0) is 10.4. The third-order valence-electron chi connectivity index (χ3n) is 2.91. The quantitative estimate of drug-likeness (QED) is 0.688. The fraction of sp³-hybridized carbons (Fsp3) is 1.00. The summed E-state index contributed by atoms with van der Waals surface area (Å²) in [7, 11) is 0. The molecule has 0 radical (unpaired) electrons. The third kappa shape index (κ3) is 3.95. The summed E-state index contributed by atoms with van der Waals surface area (Å²) in [6.07, 6.45) is 1.25. The summed E-state index contributed by atoms with van der Waals surface area (Å²) in [6, 6.07) is 1.30. The van der Waals surface area contributed by atoms with E-state index in [0.29, 0.717) is 12.1 Å². The van der Waals surface area contributed by atoms with Gasteiger partial charge in [-0.25, -0.2) is 0 Å².